The first kappa shape index (κ1) is 16.1. The highest BCUT2D eigenvalue weighted by molar-refractivity contribution is 8.00. The second-order valence-corrected chi connectivity index (χ2v) is 6.08. The van der Waals surface area contributed by atoms with Crippen molar-refractivity contribution in [3.63, 3.8) is 0 Å². The number of carbonyl (C=O) groups excluding carboxylic acids is 1. The van der Waals surface area contributed by atoms with Gasteiger partial charge in [-0.2, -0.15) is 0 Å². The Hall–Kier alpha value is -2.28. The molecule has 0 radical (unpaired) electrons. The first-order valence-corrected chi connectivity index (χ1v) is 7.62. The number of aryl methyl sites for hydroxylation is 2. The van der Waals surface area contributed by atoms with E-state index in [2.05, 4.69) is 4.98 Å². The molecule has 0 unspecified atom stereocenters. The molecule has 0 spiro atoms. The van der Waals surface area contributed by atoms with Gasteiger partial charge in [0.25, 0.3) is 5.56 Å². The average molecular weight is 319 g/mol. The molecule has 0 bridgehead atoms. The Kier molecular flexibility index (Phi) is 4.56. The van der Waals surface area contributed by atoms with Crippen LogP contribution < -0.4 is 17.0 Å². The zero-order chi connectivity index (χ0) is 16.4. The lowest BCUT2D eigenvalue weighted by molar-refractivity contribution is 0.102. The summed E-state index contributed by atoms with van der Waals surface area (Å²) >= 11 is 1.34. The number of anilines is 1. The van der Waals surface area contributed by atoms with Gasteiger partial charge in [0, 0.05) is 11.9 Å². The topological polar surface area (TPSA) is 97.9 Å². The lowest BCUT2D eigenvalue weighted by atomic mass is 10.2. The van der Waals surface area contributed by atoms with E-state index in [1.54, 1.807) is 0 Å². The van der Waals surface area contributed by atoms with Crippen molar-refractivity contribution < 1.29 is 4.79 Å². The van der Waals surface area contributed by atoms with Gasteiger partial charge in [-0.3, -0.25) is 19.1 Å². The van der Waals surface area contributed by atoms with Gasteiger partial charge < -0.3 is 5.73 Å². The molecular weight excluding hydrogens is 302 g/mol. The number of rotatable bonds is 4. The first-order valence-electron chi connectivity index (χ1n) is 6.63. The minimum Gasteiger partial charge on any atom is -0.384 e. The lowest BCUT2D eigenvalue weighted by Crippen LogP contribution is -2.35. The molecule has 0 saturated carbocycles. The number of ketones is 1. The second-order valence-electron chi connectivity index (χ2n) is 5.06. The number of thioether (sulfide) groups is 1. The summed E-state index contributed by atoms with van der Waals surface area (Å²) in [5, 5.41) is 0. The van der Waals surface area contributed by atoms with Crippen molar-refractivity contribution in [1.82, 2.24) is 9.55 Å². The number of nitrogens with two attached hydrogens (primary N) is 1. The summed E-state index contributed by atoms with van der Waals surface area (Å²) in [6.07, 6.45) is 0. The number of aromatic nitrogens is 2. The molecule has 0 atom stereocenters. The first-order chi connectivity index (χ1) is 10.3. The largest absolute Gasteiger partial charge is 0.384 e. The minimum absolute atomic E-state index is 0.0788. The van der Waals surface area contributed by atoms with Crippen LogP contribution in [0, 0.1) is 13.8 Å². The van der Waals surface area contributed by atoms with Crippen molar-refractivity contribution in [2.75, 3.05) is 11.5 Å². The number of hydrogen-bond donors (Lipinski definition) is 2. The molecule has 2 aromatic rings. The fraction of sp³-hybridized carbons (Fsp3) is 0.267. The number of hydrogen-bond acceptors (Lipinski definition) is 5. The monoisotopic (exact) mass is 319 g/mol. The van der Waals surface area contributed by atoms with Crippen LogP contribution >= 0.6 is 11.8 Å². The van der Waals surface area contributed by atoms with Crippen molar-refractivity contribution in [2.45, 2.75) is 18.7 Å². The van der Waals surface area contributed by atoms with Gasteiger partial charge in [0.15, 0.2) is 5.78 Å². The van der Waals surface area contributed by atoms with Crippen molar-refractivity contribution >= 4 is 23.4 Å². The van der Waals surface area contributed by atoms with Gasteiger partial charge in [0.05, 0.1) is 5.75 Å². The average Bonchev–Trinajstić information content (AvgIpc) is 2.44. The van der Waals surface area contributed by atoms with E-state index in [-0.39, 0.29) is 17.1 Å². The normalized spacial score (nSPS) is 10.7. The van der Waals surface area contributed by atoms with Gasteiger partial charge >= 0.3 is 5.69 Å². The van der Waals surface area contributed by atoms with Crippen LogP contribution in [0.3, 0.4) is 0 Å². The molecule has 0 aliphatic heterocycles. The molecule has 0 amide bonds. The van der Waals surface area contributed by atoms with Crippen LogP contribution in [-0.2, 0) is 7.05 Å². The standard InChI is InChI=1S/C15H17N3O3S/c1-8-4-5-11(9(2)6-8)22-7-10(19)12-13(16)18(3)15(21)17-14(12)20/h4-6H,7,16H2,1-3H3,(H,17,20,21). The van der Waals surface area contributed by atoms with Crippen LogP contribution in [0.25, 0.3) is 0 Å². The molecule has 1 aromatic heterocycles. The molecule has 0 fully saturated rings. The lowest BCUT2D eigenvalue weighted by Gasteiger charge is -2.09. The van der Waals surface area contributed by atoms with Gasteiger partial charge in [-0.1, -0.05) is 17.7 Å². The van der Waals surface area contributed by atoms with E-state index < -0.39 is 17.0 Å². The van der Waals surface area contributed by atoms with Crippen LogP contribution in [0.5, 0.6) is 0 Å². The Balaban J connectivity index is 2.25. The highest BCUT2D eigenvalue weighted by Gasteiger charge is 2.18. The maximum Gasteiger partial charge on any atom is 0.329 e. The maximum atomic E-state index is 12.3. The molecule has 2 rings (SSSR count). The molecule has 116 valence electrons. The summed E-state index contributed by atoms with van der Waals surface area (Å²) < 4.78 is 1.05. The molecule has 0 aliphatic rings. The molecule has 0 aliphatic carbocycles. The number of H-pyrrole nitrogens is 1. The molecule has 6 nitrogen and oxygen atoms in total. The Bertz CT molecular complexity index is 852. The summed E-state index contributed by atoms with van der Waals surface area (Å²) in [5.74, 6) is -0.436. The third-order valence-electron chi connectivity index (χ3n) is 3.34. The number of aromatic amines is 1. The Morgan fingerprint density at radius 1 is 1.32 bits per heavy atom. The van der Waals surface area contributed by atoms with E-state index in [0.29, 0.717) is 0 Å². The summed E-state index contributed by atoms with van der Waals surface area (Å²) in [5.41, 5.74) is 6.38. The van der Waals surface area contributed by atoms with Gasteiger partial charge in [0.1, 0.15) is 11.4 Å². The van der Waals surface area contributed by atoms with E-state index in [0.717, 1.165) is 20.6 Å². The number of nitrogens with one attached hydrogen (secondary N) is 1. The molecule has 22 heavy (non-hydrogen) atoms. The molecular formula is C15H17N3O3S. The predicted octanol–water partition coefficient (Wildman–Crippen LogP) is 1.25. The van der Waals surface area contributed by atoms with Crippen molar-refractivity contribution in [3.8, 4) is 0 Å². The van der Waals surface area contributed by atoms with Crippen molar-refractivity contribution in [3.05, 3.63) is 55.7 Å². The number of Topliss-reactive ketones (excluding diaryl/α,β-unsaturated/α-hetero) is 1. The van der Waals surface area contributed by atoms with Crippen LogP contribution in [0.2, 0.25) is 0 Å². The number of nitrogen functional groups attached to an aromatic ring is 1. The fourth-order valence-electron chi connectivity index (χ4n) is 2.08. The molecule has 0 saturated heterocycles. The second kappa shape index (κ2) is 6.23. The minimum atomic E-state index is -0.744. The van der Waals surface area contributed by atoms with Crippen molar-refractivity contribution in [2.24, 2.45) is 7.05 Å². The van der Waals surface area contributed by atoms with Crippen LogP contribution in [-0.4, -0.2) is 21.1 Å². The predicted molar refractivity (Wildman–Crippen MR) is 87.7 cm³/mol. The summed E-state index contributed by atoms with van der Waals surface area (Å²) in [4.78, 5) is 38.5. The Morgan fingerprint density at radius 3 is 2.64 bits per heavy atom. The summed E-state index contributed by atoms with van der Waals surface area (Å²) in [6, 6.07) is 5.93. The van der Waals surface area contributed by atoms with Gasteiger partial charge in [-0.25, -0.2) is 4.79 Å². The Labute approximate surface area is 131 Å². The van der Waals surface area contributed by atoms with E-state index in [9.17, 15) is 14.4 Å². The molecule has 1 heterocycles. The quantitative estimate of drug-likeness (QED) is 0.653. The summed E-state index contributed by atoms with van der Waals surface area (Å²) in [7, 11) is 1.40. The number of carbonyl (C=O) groups is 1. The highest BCUT2D eigenvalue weighted by Crippen LogP contribution is 2.24. The zero-order valence-corrected chi connectivity index (χ0v) is 13.4. The third-order valence-corrected chi connectivity index (χ3v) is 4.51. The van der Waals surface area contributed by atoms with E-state index in [1.807, 2.05) is 32.0 Å². The zero-order valence-electron chi connectivity index (χ0n) is 12.6. The van der Waals surface area contributed by atoms with Gasteiger partial charge in [0.2, 0.25) is 0 Å². The number of nitrogens with zero attached hydrogens (tertiary/aromatic N) is 1. The fourth-order valence-corrected chi connectivity index (χ4v) is 2.96. The van der Waals surface area contributed by atoms with E-state index in [1.165, 1.54) is 18.8 Å². The number of benzene rings is 1. The van der Waals surface area contributed by atoms with Gasteiger partial charge in [-0.15, -0.1) is 11.8 Å². The smallest absolute Gasteiger partial charge is 0.329 e. The SMILES string of the molecule is Cc1ccc(SCC(=O)c2c(N)n(C)c(=O)[nH]c2=O)c(C)c1. The molecule has 1 aromatic carbocycles. The van der Waals surface area contributed by atoms with Crippen LogP contribution in [0.15, 0.2) is 32.7 Å². The van der Waals surface area contributed by atoms with Crippen LogP contribution in [0.4, 0.5) is 5.82 Å². The summed E-state index contributed by atoms with van der Waals surface area (Å²) in [6.45, 7) is 3.96. The Morgan fingerprint density at radius 2 is 2.00 bits per heavy atom. The van der Waals surface area contributed by atoms with Crippen LogP contribution in [0.1, 0.15) is 21.5 Å². The highest BCUT2D eigenvalue weighted by atomic mass is 32.2. The molecule has 7 heteroatoms. The van der Waals surface area contributed by atoms with Gasteiger partial charge in [-0.05, 0) is 25.5 Å². The molecule has 3 N–H and O–H groups in total. The third kappa shape index (κ3) is 3.14. The van der Waals surface area contributed by atoms with Crippen molar-refractivity contribution in [1.29, 1.82) is 0 Å². The van der Waals surface area contributed by atoms with E-state index in [4.69, 9.17) is 5.73 Å². The maximum absolute atomic E-state index is 12.3. The van der Waals surface area contributed by atoms with E-state index >= 15 is 0 Å².